The van der Waals surface area contributed by atoms with Crippen LogP contribution in [0.25, 0.3) is 17.0 Å². The summed E-state index contributed by atoms with van der Waals surface area (Å²) >= 11 is 0. The lowest BCUT2D eigenvalue weighted by Crippen LogP contribution is -2.31. The number of aromatic nitrogens is 5. The molecule has 1 unspecified atom stereocenters. The first kappa shape index (κ1) is 24.6. The molecule has 0 bridgehead atoms. The number of imidazole rings is 1. The highest BCUT2D eigenvalue weighted by Gasteiger charge is 2.32. The van der Waals surface area contributed by atoms with Gasteiger partial charge < -0.3 is 24.3 Å². The Hall–Kier alpha value is -3.11. The number of hydrogen-bond acceptors (Lipinski definition) is 7. The van der Waals surface area contributed by atoms with E-state index in [0.717, 1.165) is 59.1 Å². The molecule has 2 aliphatic rings. The number of aryl methyl sites for hydroxylation is 1. The molecule has 1 atom stereocenters. The van der Waals surface area contributed by atoms with Crippen molar-refractivity contribution in [2.45, 2.75) is 71.8 Å². The van der Waals surface area contributed by atoms with Crippen molar-refractivity contribution in [3.05, 3.63) is 48.6 Å². The second kappa shape index (κ2) is 9.74. The van der Waals surface area contributed by atoms with Crippen LogP contribution in [0.2, 0.25) is 25.7 Å². The lowest BCUT2D eigenvalue weighted by Gasteiger charge is -2.20. The fourth-order valence-electron chi connectivity index (χ4n) is 4.50. The van der Waals surface area contributed by atoms with Gasteiger partial charge in [-0.15, -0.1) is 0 Å². The minimum absolute atomic E-state index is 0.127. The molecule has 1 aromatic carbocycles. The average molecular weight is 508 g/mol. The third-order valence-electron chi connectivity index (χ3n) is 6.62. The Labute approximate surface area is 214 Å². The Bertz CT molecular complexity index is 1260. The Morgan fingerprint density at radius 2 is 2.08 bits per heavy atom. The zero-order chi connectivity index (χ0) is 25.4. The van der Waals surface area contributed by atoms with Gasteiger partial charge in [0.25, 0.3) is 0 Å². The molecule has 0 saturated heterocycles. The predicted octanol–water partition coefficient (Wildman–Crippen LogP) is 5.32. The molecule has 0 spiro atoms. The summed E-state index contributed by atoms with van der Waals surface area (Å²) in [6.45, 7) is 15.3. The molecule has 0 amide bonds. The van der Waals surface area contributed by atoms with E-state index < -0.39 is 8.07 Å². The van der Waals surface area contributed by atoms with Crippen molar-refractivity contribution in [1.82, 2.24) is 24.3 Å². The van der Waals surface area contributed by atoms with Gasteiger partial charge in [0.15, 0.2) is 11.6 Å². The first-order valence-corrected chi connectivity index (χ1v) is 16.5. The highest BCUT2D eigenvalue weighted by molar-refractivity contribution is 6.76. The van der Waals surface area contributed by atoms with Crippen molar-refractivity contribution in [2.75, 3.05) is 23.4 Å². The summed E-state index contributed by atoms with van der Waals surface area (Å²) in [6, 6.07) is 7.83. The van der Waals surface area contributed by atoms with Crippen LogP contribution in [0, 0.1) is 6.92 Å². The summed E-state index contributed by atoms with van der Waals surface area (Å²) in [5, 5.41) is 8.02. The van der Waals surface area contributed by atoms with E-state index in [4.69, 9.17) is 14.5 Å². The number of hydrogen-bond donors (Lipinski definition) is 1. The molecule has 1 N–H and O–H groups in total. The van der Waals surface area contributed by atoms with Crippen LogP contribution in [-0.4, -0.2) is 51.8 Å². The quantitative estimate of drug-likeness (QED) is 0.326. The van der Waals surface area contributed by atoms with Crippen LogP contribution in [0.1, 0.15) is 38.0 Å². The standard InChI is InChI=1S/C26H37N7O2Si/c1-18(2)33-26(27-16-28-33)24-15-32-23-13-20(7-8-21(23)30-25(32)9-10-35-24)22-14-31(19(3)29-22)17-34-11-12-36(4,5)6/h7-8,13-16,18,25,30H,9-12,17H2,1-6H3. The van der Waals surface area contributed by atoms with Crippen molar-refractivity contribution in [1.29, 1.82) is 0 Å². The molecule has 5 rings (SSSR count). The summed E-state index contributed by atoms with van der Waals surface area (Å²) < 4.78 is 16.1. The first-order chi connectivity index (χ1) is 17.2. The van der Waals surface area contributed by atoms with E-state index >= 15 is 0 Å². The SMILES string of the molecule is Cc1nc(-c2ccc3c(c2)N2C=C(c4ncnn4C(C)C)OCCC2N3)cn1COCC[Si](C)(C)C. The third-order valence-corrected chi connectivity index (χ3v) is 8.32. The van der Waals surface area contributed by atoms with Gasteiger partial charge in [0.05, 0.1) is 29.9 Å². The Kier molecular flexibility index (Phi) is 6.65. The van der Waals surface area contributed by atoms with Crippen LogP contribution >= 0.6 is 0 Å². The molecule has 0 radical (unpaired) electrons. The van der Waals surface area contributed by atoms with E-state index in [0.29, 0.717) is 13.3 Å². The Morgan fingerprint density at radius 3 is 2.86 bits per heavy atom. The number of benzene rings is 1. The van der Waals surface area contributed by atoms with Crippen LogP contribution in [0.15, 0.2) is 36.9 Å². The van der Waals surface area contributed by atoms with Crippen LogP contribution in [-0.2, 0) is 16.2 Å². The zero-order valence-corrected chi connectivity index (χ0v) is 23.2. The van der Waals surface area contributed by atoms with Crippen LogP contribution in [0.3, 0.4) is 0 Å². The minimum Gasteiger partial charge on any atom is -0.488 e. The molecular weight excluding hydrogens is 470 g/mol. The van der Waals surface area contributed by atoms with Crippen LogP contribution in [0.4, 0.5) is 11.4 Å². The van der Waals surface area contributed by atoms with Gasteiger partial charge in [-0.1, -0.05) is 25.7 Å². The lowest BCUT2D eigenvalue weighted by molar-refractivity contribution is 0.0858. The Balaban J connectivity index is 1.39. The van der Waals surface area contributed by atoms with Crippen LogP contribution in [0.5, 0.6) is 0 Å². The minimum atomic E-state index is -1.10. The van der Waals surface area contributed by atoms with E-state index in [1.54, 1.807) is 6.33 Å². The molecule has 0 saturated carbocycles. The van der Waals surface area contributed by atoms with E-state index in [2.05, 4.69) is 89.0 Å². The highest BCUT2D eigenvalue weighted by Crippen LogP contribution is 2.41. The molecule has 2 aromatic heterocycles. The molecule has 4 heterocycles. The van der Waals surface area contributed by atoms with Crippen molar-refractivity contribution in [3.8, 4) is 11.3 Å². The van der Waals surface area contributed by atoms with E-state index in [-0.39, 0.29) is 12.2 Å². The smallest absolute Gasteiger partial charge is 0.195 e. The molecule has 0 fully saturated rings. The summed E-state index contributed by atoms with van der Waals surface area (Å²) in [4.78, 5) is 11.6. The average Bonchev–Trinajstić information content (AvgIpc) is 3.50. The van der Waals surface area contributed by atoms with Crippen molar-refractivity contribution in [2.24, 2.45) is 0 Å². The van der Waals surface area contributed by atoms with E-state index in [9.17, 15) is 0 Å². The number of anilines is 2. The third kappa shape index (κ3) is 5.05. The van der Waals surface area contributed by atoms with Crippen LogP contribution < -0.4 is 10.2 Å². The van der Waals surface area contributed by atoms with Gasteiger partial charge in [0.1, 0.15) is 25.0 Å². The summed E-state index contributed by atoms with van der Waals surface area (Å²) in [5.41, 5.74) is 4.24. The van der Waals surface area contributed by atoms with Gasteiger partial charge in [-0.3, -0.25) is 0 Å². The predicted molar refractivity (Wildman–Crippen MR) is 145 cm³/mol. The fraction of sp³-hybridized carbons (Fsp3) is 0.500. The van der Waals surface area contributed by atoms with Crippen molar-refractivity contribution < 1.29 is 9.47 Å². The maximum atomic E-state index is 6.12. The molecule has 3 aromatic rings. The zero-order valence-electron chi connectivity index (χ0n) is 22.2. The number of nitrogens with zero attached hydrogens (tertiary/aromatic N) is 6. The van der Waals surface area contributed by atoms with Gasteiger partial charge in [0, 0.05) is 38.9 Å². The van der Waals surface area contributed by atoms with Crippen molar-refractivity contribution in [3.63, 3.8) is 0 Å². The van der Waals surface area contributed by atoms with E-state index in [1.165, 1.54) is 0 Å². The largest absolute Gasteiger partial charge is 0.488 e. The van der Waals surface area contributed by atoms with Gasteiger partial charge in [-0.25, -0.2) is 14.6 Å². The number of ether oxygens (including phenoxy) is 2. The summed E-state index contributed by atoms with van der Waals surface area (Å²) in [7, 11) is -1.10. The fourth-order valence-corrected chi connectivity index (χ4v) is 5.26. The monoisotopic (exact) mass is 507 g/mol. The molecule has 2 aliphatic heterocycles. The summed E-state index contributed by atoms with van der Waals surface area (Å²) in [6.07, 6.45) is 6.71. The molecular formula is C26H37N7O2Si. The van der Waals surface area contributed by atoms with Gasteiger partial charge in [0.2, 0.25) is 0 Å². The topological polar surface area (TPSA) is 82.3 Å². The molecule has 10 heteroatoms. The molecule has 192 valence electrons. The Morgan fingerprint density at radius 1 is 1.25 bits per heavy atom. The molecule has 9 nitrogen and oxygen atoms in total. The number of rotatable bonds is 8. The van der Waals surface area contributed by atoms with Crippen molar-refractivity contribution >= 4 is 25.2 Å². The van der Waals surface area contributed by atoms with Gasteiger partial charge >= 0.3 is 0 Å². The second-order valence-corrected chi connectivity index (χ2v) is 16.7. The van der Waals surface area contributed by atoms with E-state index in [1.807, 2.05) is 11.6 Å². The van der Waals surface area contributed by atoms with Gasteiger partial charge in [-0.2, -0.15) is 5.10 Å². The number of fused-ring (bicyclic) bond motifs is 3. The summed E-state index contributed by atoms with van der Waals surface area (Å²) in [5.74, 6) is 2.44. The molecule has 36 heavy (non-hydrogen) atoms. The molecule has 0 aliphatic carbocycles. The maximum Gasteiger partial charge on any atom is 0.195 e. The van der Waals surface area contributed by atoms with Gasteiger partial charge in [-0.05, 0) is 38.9 Å². The normalized spacial score (nSPS) is 17.4. The first-order valence-electron chi connectivity index (χ1n) is 12.7. The highest BCUT2D eigenvalue weighted by atomic mass is 28.3. The lowest BCUT2D eigenvalue weighted by atomic mass is 10.1. The second-order valence-electron chi connectivity index (χ2n) is 11.0. The maximum absolute atomic E-state index is 6.12. The number of nitrogens with one attached hydrogen (secondary N) is 1.